The van der Waals surface area contributed by atoms with Gasteiger partial charge in [0.25, 0.3) is 0 Å². The molecule has 4 nitrogen and oxygen atoms in total. The molecule has 114 valence electrons. The lowest BCUT2D eigenvalue weighted by molar-refractivity contribution is 0.525. The van der Waals surface area contributed by atoms with E-state index in [2.05, 4.69) is 67.3 Å². The Labute approximate surface area is 127 Å². The Morgan fingerprint density at radius 2 is 2.00 bits per heavy atom. The zero-order valence-electron chi connectivity index (χ0n) is 13.3. The summed E-state index contributed by atoms with van der Waals surface area (Å²) in [6.07, 6.45) is 3.04. The maximum absolute atomic E-state index is 5.68. The highest BCUT2D eigenvalue weighted by Gasteiger charge is 2.11. The van der Waals surface area contributed by atoms with Crippen LogP contribution < -0.4 is 10.6 Å². The number of nitrogens with two attached hydrogens (primary N) is 1. The van der Waals surface area contributed by atoms with Crippen LogP contribution in [-0.4, -0.2) is 22.9 Å². The van der Waals surface area contributed by atoms with E-state index in [-0.39, 0.29) is 0 Å². The number of hydrogen-bond donors (Lipinski definition) is 1. The minimum absolute atomic E-state index is 0.398. The van der Waals surface area contributed by atoms with Gasteiger partial charge in [-0.25, -0.2) is 0 Å². The maximum atomic E-state index is 5.68. The number of hydrogen-bond acceptors (Lipinski definition) is 3. The highest BCUT2D eigenvalue weighted by molar-refractivity contribution is 5.53. The molecule has 0 spiro atoms. The highest BCUT2D eigenvalue weighted by Crippen LogP contribution is 2.21. The molecule has 4 heteroatoms. The summed E-state index contributed by atoms with van der Waals surface area (Å²) in [6.45, 7) is 8.93. The molecule has 0 fully saturated rings. The van der Waals surface area contributed by atoms with Crippen molar-refractivity contribution >= 4 is 5.69 Å². The van der Waals surface area contributed by atoms with E-state index in [1.54, 1.807) is 0 Å². The Morgan fingerprint density at radius 3 is 2.62 bits per heavy atom. The first-order valence-electron chi connectivity index (χ1n) is 7.66. The summed E-state index contributed by atoms with van der Waals surface area (Å²) >= 11 is 0. The molecule has 0 radical (unpaired) electrons. The predicted octanol–water partition coefficient (Wildman–Crippen LogP) is 3.13. The molecule has 21 heavy (non-hydrogen) atoms. The van der Waals surface area contributed by atoms with Crippen LogP contribution in [-0.2, 0) is 6.54 Å². The Balaban J connectivity index is 2.18. The Hall–Kier alpha value is -1.81. The van der Waals surface area contributed by atoms with Gasteiger partial charge in [0.1, 0.15) is 0 Å². The van der Waals surface area contributed by atoms with Crippen LogP contribution in [0.3, 0.4) is 0 Å². The number of anilines is 1. The molecule has 2 aromatic rings. The van der Waals surface area contributed by atoms with Crippen LogP contribution in [0.1, 0.15) is 37.6 Å². The molecule has 0 aliphatic carbocycles. The number of aryl methyl sites for hydroxylation is 1. The number of aromatic nitrogens is 2. The van der Waals surface area contributed by atoms with Crippen LogP contribution in [0.2, 0.25) is 0 Å². The van der Waals surface area contributed by atoms with Crippen molar-refractivity contribution in [1.82, 2.24) is 9.78 Å². The van der Waals surface area contributed by atoms with E-state index in [1.807, 2.05) is 4.68 Å². The van der Waals surface area contributed by atoms with Gasteiger partial charge in [-0.1, -0.05) is 18.2 Å². The van der Waals surface area contributed by atoms with Crippen molar-refractivity contribution in [1.29, 1.82) is 0 Å². The van der Waals surface area contributed by atoms with Gasteiger partial charge in [-0.2, -0.15) is 5.10 Å². The van der Waals surface area contributed by atoms with Crippen molar-refractivity contribution in [2.45, 2.75) is 39.8 Å². The minimum Gasteiger partial charge on any atom is -0.365 e. The van der Waals surface area contributed by atoms with E-state index in [0.717, 1.165) is 25.2 Å². The van der Waals surface area contributed by atoms with Crippen LogP contribution in [0, 0.1) is 6.92 Å². The summed E-state index contributed by atoms with van der Waals surface area (Å²) in [7, 11) is 0. The molecule has 0 unspecified atom stereocenters. The van der Waals surface area contributed by atoms with Crippen LogP contribution in [0.4, 0.5) is 5.69 Å². The van der Waals surface area contributed by atoms with E-state index in [9.17, 15) is 0 Å². The molecule has 0 amide bonds. The molecule has 2 rings (SSSR count). The molecule has 0 saturated carbocycles. The first-order valence-corrected chi connectivity index (χ1v) is 7.66. The molecule has 1 heterocycles. The third-order valence-electron chi connectivity index (χ3n) is 3.63. The van der Waals surface area contributed by atoms with Crippen LogP contribution in [0.25, 0.3) is 0 Å². The molecule has 0 bridgehead atoms. The summed E-state index contributed by atoms with van der Waals surface area (Å²) in [6, 6.07) is 11.0. The van der Waals surface area contributed by atoms with Crippen molar-refractivity contribution < 1.29 is 0 Å². The first kappa shape index (κ1) is 15.6. The molecule has 0 atom stereocenters. The van der Waals surface area contributed by atoms with Gasteiger partial charge in [0.05, 0.1) is 12.2 Å². The van der Waals surface area contributed by atoms with E-state index >= 15 is 0 Å². The van der Waals surface area contributed by atoms with Crippen LogP contribution in [0.5, 0.6) is 0 Å². The number of para-hydroxylation sites is 1. The van der Waals surface area contributed by atoms with Gasteiger partial charge in [0.2, 0.25) is 0 Å². The van der Waals surface area contributed by atoms with Crippen LogP contribution in [0.15, 0.2) is 36.5 Å². The van der Waals surface area contributed by atoms with Crippen molar-refractivity contribution in [3.63, 3.8) is 0 Å². The lowest BCUT2D eigenvalue weighted by atomic mass is 10.1. The van der Waals surface area contributed by atoms with Crippen molar-refractivity contribution in [2.24, 2.45) is 5.73 Å². The number of rotatable bonds is 7. The fraction of sp³-hybridized carbons (Fsp3) is 0.471. The average Bonchev–Trinajstić information content (AvgIpc) is 2.93. The molecule has 1 aromatic carbocycles. The standard InChI is InChI=1S/C17H26N4/c1-14(2)21-12-9-16(19-21)13-20(11-6-10-18)17-8-5-4-7-15(17)3/h4-5,7-9,12,14H,6,10-11,13,18H2,1-3H3. The summed E-state index contributed by atoms with van der Waals surface area (Å²) in [5.74, 6) is 0. The van der Waals surface area contributed by atoms with Gasteiger partial charge in [0.15, 0.2) is 0 Å². The summed E-state index contributed by atoms with van der Waals surface area (Å²) in [4.78, 5) is 2.37. The quantitative estimate of drug-likeness (QED) is 0.850. The normalized spacial score (nSPS) is 11.1. The third-order valence-corrected chi connectivity index (χ3v) is 3.63. The molecular weight excluding hydrogens is 260 g/mol. The van der Waals surface area contributed by atoms with E-state index in [1.165, 1.54) is 11.3 Å². The molecule has 0 aliphatic rings. The molecular formula is C17H26N4. The summed E-state index contributed by atoms with van der Waals surface area (Å²) in [5.41, 5.74) is 9.34. The second kappa shape index (κ2) is 7.27. The van der Waals surface area contributed by atoms with Gasteiger partial charge in [-0.05, 0) is 51.4 Å². The molecule has 1 aromatic heterocycles. The van der Waals surface area contributed by atoms with Gasteiger partial charge in [-0.15, -0.1) is 0 Å². The van der Waals surface area contributed by atoms with E-state index in [4.69, 9.17) is 5.73 Å². The lowest BCUT2D eigenvalue weighted by Crippen LogP contribution is -2.26. The fourth-order valence-corrected chi connectivity index (χ4v) is 2.43. The lowest BCUT2D eigenvalue weighted by Gasteiger charge is -2.25. The Morgan fingerprint density at radius 1 is 1.24 bits per heavy atom. The van der Waals surface area contributed by atoms with Crippen LogP contribution >= 0.6 is 0 Å². The van der Waals surface area contributed by atoms with Crippen molar-refractivity contribution in [3.8, 4) is 0 Å². The number of benzene rings is 1. The van der Waals surface area contributed by atoms with Crippen molar-refractivity contribution in [2.75, 3.05) is 18.0 Å². The second-order valence-corrected chi connectivity index (χ2v) is 5.73. The summed E-state index contributed by atoms with van der Waals surface area (Å²) < 4.78 is 2.01. The smallest absolute Gasteiger partial charge is 0.0817 e. The number of nitrogens with zero attached hydrogens (tertiary/aromatic N) is 3. The largest absolute Gasteiger partial charge is 0.365 e. The first-order chi connectivity index (χ1) is 10.1. The van der Waals surface area contributed by atoms with Gasteiger partial charge < -0.3 is 10.6 Å². The van der Waals surface area contributed by atoms with E-state index in [0.29, 0.717) is 12.6 Å². The molecule has 0 saturated heterocycles. The third kappa shape index (κ3) is 4.08. The minimum atomic E-state index is 0.398. The van der Waals surface area contributed by atoms with Gasteiger partial charge >= 0.3 is 0 Å². The average molecular weight is 286 g/mol. The maximum Gasteiger partial charge on any atom is 0.0817 e. The van der Waals surface area contributed by atoms with E-state index < -0.39 is 0 Å². The predicted molar refractivity (Wildman–Crippen MR) is 88.5 cm³/mol. The van der Waals surface area contributed by atoms with Gasteiger partial charge in [0, 0.05) is 24.5 Å². The molecule has 0 aliphatic heterocycles. The SMILES string of the molecule is Cc1ccccc1N(CCCN)Cc1ccn(C(C)C)n1. The Kier molecular flexibility index (Phi) is 5.39. The highest BCUT2D eigenvalue weighted by atomic mass is 15.3. The zero-order chi connectivity index (χ0) is 15.2. The second-order valence-electron chi connectivity index (χ2n) is 5.73. The van der Waals surface area contributed by atoms with Crippen molar-refractivity contribution in [3.05, 3.63) is 47.8 Å². The monoisotopic (exact) mass is 286 g/mol. The Bertz CT molecular complexity index is 559. The molecule has 2 N–H and O–H groups in total. The topological polar surface area (TPSA) is 47.1 Å². The summed E-state index contributed by atoms with van der Waals surface area (Å²) in [5, 5.41) is 4.66. The zero-order valence-corrected chi connectivity index (χ0v) is 13.3. The fourth-order valence-electron chi connectivity index (χ4n) is 2.43. The van der Waals surface area contributed by atoms with Gasteiger partial charge in [-0.3, -0.25) is 4.68 Å².